The van der Waals surface area contributed by atoms with Crippen molar-refractivity contribution in [3.05, 3.63) is 44.9 Å². The minimum atomic E-state index is 0.00225. The summed E-state index contributed by atoms with van der Waals surface area (Å²) < 4.78 is 3.66. The molecule has 19 heavy (non-hydrogen) atoms. The third kappa shape index (κ3) is 2.44. The van der Waals surface area contributed by atoms with Gasteiger partial charge in [0.15, 0.2) is 5.82 Å². The van der Waals surface area contributed by atoms with Gasteiger partial charge in [0.05, 0.1) is 12.1 Å². The normalized spacial score (nSPS) is 14.3. The number of nitrogens with zero attached hydrogens (tertiary/aromatic N) is 4. The van der Waals surface area contributed by atoms with E-state index in [-0.39, 0.29) is 5.91 Å². The maximum atomic E-state index is 12.5. The van der Waals surface area contributed by atoms with Gasteiger partial charge < -0.3 is 9.47 Å². The van der Waals surface area contributed by atoms with Gasteiger partial charge in [-0.25, -0.2) is 0 Å². The maximum Gasteiger partial charge on any atom is 0.255 e. The number of benzene rings is 1. The lowest BCUT2D eigenvalue weighted by Gasteiger charge is -2.27. The molecule has 0 N–H and O–H groups in total. The third-order valence-corrected chi connectivity index (χ3v) is 4.27. The fourth-order valence-corrected chi connectivity index (χ4v) is 2.85. The molecule has 0 radical (unpaired) electrons. The summed E-state index contributed by atoms with van der Waals surface area (Å²) in [5, 5.41) is 7.88. The molecule has 0 aliphatic carbocycles. The number of hydrogen-bond acceptors (Lipinski definition) is 3. The summed E-state index contributed by atoms with van der Waals surface area (Å²) in [6.07, 6.45) is 1.70. The number of hydrogen-bond donors (Lipinski definition) is 0. The topological polar surface area (TPSA) is 51.0 Å². The Kier molecular flexibility index (Phi) is 3.40. The zero-order valence-corrected chi connectivity index (χ0v) is 13.1. The van der Waals surface area contributed by atoms with E-state index in [0.29, 0.717) is 18.7 Å². The average molecular weight is 386 g/mol. The Hall–Kier alpha value is -1.21. The first-order chi connectivity index (χ1) is 9.15. The van der Waals surface area contributed by atoms with Crippen LogP contribution in [0.3, 0.4) is 0 Å². The molecular formula is C12H10Br2N4O. The first-order valence-corrected chi connectivity index (χ1v) is 7.35. The summed E-state index contributed by atoms with van der Waals surface area (Å²) in [6, 6.07) is 5.59. The molecule has 1 aromatic carbocycles. The van der Waals surface area contributed by atoms with Crippen molar-refractivity contribution in [1.82, 2.24) is 19.7 Å². The Morgan fingerprint density at radius 2 is 2.11 bits per heavy atom. The van der Waals surface area contributed by atoms with Crippen LogP contribution < -0.4 is 0 Å². The Morgan fingerprint density at radius 3 is 2.95 bits per heavy atom. The summed E-state index contributed by atoms with van der Waals surface area (Å²) in [7, 11) is 0. The van der Waals surface area contributed by atoms with Crippen LogP contribution in [0.2, 0.25) is 0 Å². The van der Waals surface area contributed by atoms with Gasteiger partial charge in [0.25, 0.3) is 5.91 Å². The summed E-state index contributed by atoms with van der Waals surface area (Å²) in [4.78, 5) is 14.3. The van der Waals surface area contributed by atoms with Crippen molar-refractivity contribution in [2.75, 3.05) is 6.54 Å². The molecule has 98 valence electrons. The zero-order chi connectivity index (χ0) is 13.4. The summed E-state index contributed by atoms with van der Waals surface area (Å²) in [5.74, 6) is 0.827. The molecule has 5 nitrogen and oxygen atoms in total. The molecule has 7 heteroatoms. The first kappa shape index (κ1) is 12.8. The summed E-state index contributed by atoms with van der Waals surface area (Å²) >= 11 is 6.81. The van der Waals surface area contributed by atoms with E-state index in [1.807, 2.05) is 22.8 Å². The number of rotatable bonds is 1. The Balaban J connectivity index is 1.87. The lowest BCUT2D eigenvalue weighted by molar-refractivity contribution is 0.0706. The third-order valence-electron chi connectivity index (χ3n) is 3.08. The minimum absolute atomic E-state index is 0.00225. The molecule has 1 aromatic heterocycles. The van der Waals surface area contributed by atoms with Crippen LogP contribution in [-0.2, 0) is 13.1 Å². The van der Waals surface area contributed by atoms with Crippen LogP contribution in [0.25, 0.3) is 0 Å². The van der Waals surface area contributed by atoms with E-state index in [4.69, 9.17) is 0 Å². The van der Waals surface area contributed by atoms with Crippen LogP contribution in [0.5, 0.6) is 0 Å². The van der Waals surface area contributed by atoms with Gasteiger partial charge in [0, 0.05) is 22.0 Å². The molecule has 2 aromatic rings. The van der Waals surface area contributed by atoms with E-state index in [0.717, 1.165) is 21.3 Å². The van der Waals surface area contributed by atoms with Gasteiger partial charge in [-0.3, -0.25) is 4.79 Å². The Labute approximate surface area is 126 Å². The van der Waals surface area contributed by atoms with Gasteiger partial charge in [-0.1, -0.05) is 15.9 Å². The average Bonchev–Trinajstić information content (AvgIpc) is 2.88. The van der Waals surface area contributed by atoms with Crippen LogP contribution in [0.4, 0.5) is 0 Å². The quantitative estimate of drug-likeness (QED) is 0.757. The van der Waals surface area contributed by atoms with Crippen molar-refractivity contribution >= 4 is 37.8 Å². The molecule has 0 atom stereocenters. The van der Waals surface area contributed by atoms with Gasteiger partial charge in [0.1, 0.15) is 6.33 Å². The second-order valence-corrected chi connectivity index (χ2v) is 6.06. The van der Waals surface area contributed by atoms with E-state index in [9.17, 15) is 4.79 Å². The van der Waals surface area contributed by atoms with Gasteiger partial charge in [-0.15, -0.1) is 10.2 Å². The first-order valence-electron chi connectivity index (χ1n) is 5.76. The lowest BCUT2D eigenvalue weighted by Crippen LogP contribution is -2.38. The number of aromatic nitrogens is 3. The van der Waals surface area contributed by atoms with E-state index in [2.05, 4.69) is 42.1 Å². The number of halogens is 2. The second kappa shape index (κ2) is 5.05. The summed E-state index contributed by atoms with van der Waals surface area (Å²) in [6.45, 7) is 1.90. The number of amides is 1. The monoisotopic (exact) mass is 384 g/mol. The predicted molar refractivity (Wildman–Crippen MR) is 76.6 cm³/mol. The highest BCUT2D eigenvalue weighted by Crippen LogP contribution is 2.24. The SMILES string of the molecule is O=C(c1cc(Br)ccc1Br)N1CCn2cnnc2C1. The minimum Gasteiger partial charge on any atom is -0.329 e. The van der Waals surface area contributed by atoms with E-state index in [1.165, 1.54) is 0 Å². The predicted octanol–water partition coefficient (Wildman–Crippen LogP) is 2.46. The van der Waals surface area contributed by atoms with Crippen LogP contribution in [-0.4, -0.2) is 32.1 Å². The lowest BCUT2D eigenvalue weighted by atomic mass is 10.2. The second-order valence-electron chi connectivity index (χ2n) is 4.29. The fraction of sp³-hybridized carbons (Fsp3) is 0.250. The van der Waals surface area contributed by atoms with Crippen molar-refractivity contribution < 1.29 is 4.79 Å². The van der Waals surface area contributed by atoms with Crippen molar-refractivity contribution in [3.63, 3.8) is 0 Å². The van der Waals surface area contributed by atoms with Gasteiger partial charge in [-0.2, -0.15) is 0 Å². The zero-order valence-electron chi connectivity index (χ0n) is 9.88. The van der Waals surface area contributed by atoms with Gasteiger partial charge in [-0.05, 0) is 34.1 Å². The van der Waals surface area contributed by atoms with Gasteiger partial charge >= 0.3 is 0 Å². The molecule has 0 bridgehead atoms. The fourth-order valence-electron chi connectivity index (χ4n) is 2.07. The van der Waals surface area contributed by atoms with Crippen LogP contribution in [0.1, 0.15) is 16.2 Å². The molecule has 2 heterocycles. The highest BCUT2D eigenvalue weighted by atomic mass is 79.9. The van der Waals surface area contributed by atoms with Crippen LogP contribution in [0.15, 0.2) is 33.5 Å². The Bertz CT molecular complexity index is 640. The molecule has 1 aliphatic rings. The Morgan fingerprint density at radius 1 is 1.26 bits per heavy atom. The highest BCUT2D eigenvalue weighted by molar-refractivity contribution is 9.11. The smallest absolute Gasteiger partial charge is 0.255 e. The largest absolute Gasteiger partial charge is 0.329 e. The molecule has 0 unspecified atom stereocenters. The molecule has 0 spiro atoms. The molecule has 0 fully saturated rings. The highest BCUT2D eigenvalue weighted by Gasteiger charge is 2.24. The van der Waals surface area contributed by atoms with E-state index < -0.39 is 0 Å². The van der Waals surface area contributed by atoms with Crippen molar-refractivity contribution in [2.24, 2.45) is 0 Å². The van der Waals surface area contributed by atoms with Crippen LogP contribution >= 0.6 is 31.9 Å². The van der Waals surface area contributed by atoms with Crippen LogP contribution in [0, 0.1) is 0 Å². The van der Waals surface area contributed by atoms with E-state index >= 15 is 0 Å². The standard InChI is InChI=1S/C12H10Br2N4O/c13-8-1-2-10(14)9(5-8)12(19)17-3-4-18-7-15-16-11(18)6-17/h1-2,5,7H,3-4,6H2. The molecule has 1 amide bonds. The molecule has 1 aliphatic heterocycles. The van der Waals surface area contributed by atoms with Crippen molar-refractivity contribution in [2.45, 2.75) is 13.1 Å². The molecule has 0 saturated heterocycles. The number of fused-ring (bicyclic) bond motifs is 1. The molecule has 3 rings (SSSR count). The van der Waals surface area contributed by atoms with Crippen molar-refractivity contribution in [3.8, 4) is 0 Å². The number of carbonyl (C=O) groups excluding carboxylic acids is 1. The van der Waals surface area contributed by atoms with E-state index in [1.54, 1.807) is 11.2 Å². The molecular weight excluding hydrogens is 376 g/mol. The maximum absolute atomic E-state index is 12.5. The number of carbonyl (C=O) groups is 1. The molecule has 0 saturated carbocycles. The summed E-state index contributed by atoms with van der Waals surface area (Å²) in [5.41, 5.74) is 0.655. The van der Waals surface area contributed by atoms with Crippen molar-refractivity contribution in [1.29, 1.82) is 0 Å². The van der Waals surface area contributed by atoms with Gasteiger partial charge in [0.2, 0.25) is 0 Å².